The maximum absolute atomic E-state index is 12.3. The lowest BCUT2D eigenvalue weighted by atomic mass is 10.2. The van der Waals surface area contributed by atoms with Crippen LogP contribution in [0.2, 0.25) is 0 Å². The number of rotatable bonds is 6. The van der Waals surface area contributed by atoms with Crippen LogP contribution in [-0.4, -0.2) is 30.6 Å². The van der Waals surface area contributed by atoms with Gasteiger partial charge in [0.15, 0.2) is 16.6 Å². The maximum Gasteiger partial charge on any atom is 0.226 e. The fourth-order valence-electron chi connectivity index (χ4n) is 2.41. The van der Waals surface area contributed by atoms with E-state index >= 15 is 0 Å². The molecule has 1 amide bonds. The molecule has 0 atom stereocenters. The lowest BCUT2D eigenvalue weighted by Crippen LogP contribution is -2.25. The number of nitrogens with one attached hydrogen (secondary N) is 1. The molecule has 0 bridgehead atoms. The van der Waals surface area contributed by atoms with Crippen LogP contribution in [0.1, 0.15) is 11.3 Å². The Kier molecular flexibility index (Phi) is 4.52. The van der Waals surface area contributed by atoms with Crippen LogP contribution in [0.25, 0.3) is 16.6 Å². The Balaban J connectivity index is 1.39. The second-order valence-electron chi connectivity index (χ2n) is 5.40. The number of aromatic nitrogens is 5. The third-order valence-corrected chi connectivity index (χ3v) is 4.51. The summed E-state index contributed by atoms with van der Waals surface area (Å²) < 4.78 is 6.89. The quantitative estimate of drug-likeness (QED) is 0.562. The van der Waals surface area contributed by atoms with Crippen LogP contribution in [0.4, 0.5) is 0 Å². The van der Waals surface area contributed by atoms with Crippen LogP contribution in [0.5, 0.6) is 0 Å². The van der Waals surface area contributed by atoms with E-state index in [2.05, 4.69) is 25.4 Å². The summed E-state index contributed by atoms with van der Waals surface area (Å²) in [6.07, 6.45) is 6.49. The van der Waals surface area contributed by atoms with Gasteiger partial charge in [0.2, 0.25) is 5.91 Å². The van der Waals surface area contributed by atoms with Gasteiger partial charge in [-0.1, -0.05) is 6.07 Å². The number of carbonyl (C=O) groups is 1. The predicted molar refractivity (Wildman–Crippen MR) is 94.5 cm³/mol. The van der Waals surface area contributed by atoms with Gasteiger partial charge in [-0.3, -0.25) is 4.79 Å². The van der Waals surface area contributed by atoms with Crippen molar-refractivity contribution in [2.75, 3.05) is 0 Å². The number of furan rings is 1. The highest BCUT2D eigenvalue weighted by Gasteiger charge is 2.12. The third kappa shape index (κ3) is 3.52. The molecule has 0 unspecified atom stereocenters. The van der Waals surface area contributed by atoms with E-state index < -0.39 is 0 Å². The largest absolute Gasteiger partial charge is 0.462 e. The first kappa shape index (κ1) is 16.2. The van der Waals surface area contributed by atoms with Crippen LogP contribution in [0, 0.1) is 0 Å². The van der Waals surface area contributed by atoms with Gasteiger partial charge in [0.05, 0.1) is 18.4 Å². The van der Waals surface area contributed by atoms with E-state index in [4.69, 9.17) is 4.42 Å². The van der Waals surface area contributed by atoms with E-state index in [0.717, 1.165) is 10.6 Å². The lowest BCUT2D eigenvalue weighted by molar-refractivity contribution is -0.120. The monoisotopic (exact) mass is 366 g/mol. The smallest absolute Gasteiger partial charge is 0.226 e. The average Bonchev–Trinajstić information content (AvgIpc) is 3.41. The molecule has 0 aliphatic carbocycles. The molecule has 4 aromatic heterocycles. The van der Waals surface area contributed by atoms with Crippen molar-refractivity contribution in [1.29, 1.82) is 0 Å². The average molecular weight is 366 g/mol. The van der Waals surface area contributed by atoms with Gasteiger partial charge in [0.25, 0.3) is 0 Å². The van der Waals surface area contributed by atoms with Gasteiger partial charge in [-0.05, 0) is 18.2 Å². The zero-order valence-electron chi connectivity index (χ0n) is 13.6. The number of pyridine rings is 1. The molecular weight excluding hydrogens is 352 g/mol. The minimum absolute atomic E-state index is 0.116. The molecular formula is C17H14N6O2S. The molecule has 4 aromatic rings. The van der Waals surface area contributed by atoms with Gasteiger partial charge in [0.1, 0.15) is 12.7 Å². The normalized spacial score (nSPS) is 10.8. The Labute approximate surface area is 152 Å². The second kappa shape index (κ2) is 7.28. The topological polar surface area (TPSA) is 98.7 Å². The van der Waals surface area contributed by atoms with Crippen LogP contribution in [0.3, 0.4) is 0 Å². The van der Waals surface area contributed by atoms with E-state index in [9.17, 15) is 4.79 Å². The minimum atomic E-state index is -0.116. The summed E-state index contributed by atoms with van der Waals surface area (Å²) in [7, 11) is 0. The first-order chi connectivity index (χ1) is 12.8. The molecule has 0 radical (unpaired) electrons. The molecule has 0 saturated heterocycles. The van der Waals surface area contributed by atoms with Gasteiger partial charge >= 0.3 is 0 Å². The maximum atomic E-state index is 12.3. The van der Waals surface area contributed by atoms with Crippen molar-refractivity contribution in [3.05, 3.63) is 66.0 Å². The molecule has 8 nitrogen and oxygen atoms in total. The summed E-state index contributed by atoms with van der Waals surface area (Å²) in [5.74, 6) is 1.23. The summed E-state index contributed by atoms with van der Waals surface area (Å²) >= 11 is 1.45. The minimum Gasteiger partial charge on any atom is -0.462 e. The molecule has 0 saturated carbocycles. The molecule has 0 fully saturated rings. The standard InChI is InChI=1S/C17H14N6O2S/c24-15(7-13-9-26-17(22-13)14-4-2-6-25-14)20-8-12-3-1-5-19-16(12)23-11-18-10-21-23/h1-6,9-11H,7-8H2,(H,20,24). The molecule has 0 aromatic carbocycles. The highest BCUT2D eigenvalue weighted by molar-refractivity contribution is 7.13. The van der Waals surface area contributed by atoms with Crippen molar-refractivity contribution < 1.29 is 9.21 Å². The van der Waals surface area contributed by atoms with Gasteiger partial charge in [-0.2, -0.15) is 5.10 Å². The molecule has 4 rings (SSSR count). The Morgan fingerprint density at radius 1 is 1.31 bits per heavy atom. The van der Waals surface area contributed by atoms with Gasteiger partial charge in [-0.25, -0.2) is 19.6 Å². The van der Waals surface area contributed by atoms with Crippen LogP contribution in [-0.2, 0) is 17.8 Å². The zero-order valence-corrected chi connectivity index (χ0v) is 14.4. The van der Waals surface area contributed by atoms with E-state index in [1.54, 1.807) is 23.5 Å². The summed E-state index contributed by atoms with van der Waals surface area (Å²) in [6.45, 7) is 0.344. The Morgan fingerprint density at radius 2 is 2.27 bits per heavy atom. The first-order valence-corrected chi connectivity index (χ1v) is 8.71. The number of hydrogen-bond donors (Lipinski definition) is 1. The highest BCUT2D eigenvalue weighted by atomic mass is 32.1. The third-order valence-electron chi connectivity index (χ3n) is 3.60. The summed E-state index contributed by atoms with van der Waals surface area (Å²) in [5.41, 5.74) is 1.56. The van der Waals surface area contributed by atoms with Gasteiger partial charge in [-0.15, -0.1) is 11.3 Å². The molecule has 0 aliphatic rings. The molecule has 0 aliphatic heterocycles. The van der Waals surface area contributed by atoms with Crippen molar-refractivity contribution in [2.45, 2.75) is 13.0 Å². The van der Waals surface area contributed by atoms with Crippen LogP contribution < -0.4 is 5.32 Å². The number of amides is 1. The molecule has 26 heavy (non-hydrogen) atoms. The molecule has 9 heteroatoms. The fraction of sp³-hybridized carbons (Fsp3) is 0.118. The highest BCUT2D eigenvalue weighted by Crippen LogP contribution is 2.24. The molecule has 130 valence electrons. The molecule has 4 heterocycles. The number of hydrogen-bond acceptors (Lipinski definition) is 7. The van der Waals surface area contributed by atoms with Gasteiger partial charge < -0.3 is 9.73 Å². The van der Waals surface area contributed by atoms with E-state index in [1.807, 2.05) is 29.6 Å². The number of nitrogens with zero attached hydrogens (tertiary/aromatic N) is 5. The number of thiazole rings is 1. The second-order valence-corrected chi connectivity index (χ2v) is 6.26. The Hall–Kier alpha value is -3.33. The summed E-state index contributed by atoms with van der Waals surface area (Å²) in [6, 6.07) is 7.36. The van der Waals surface area contributed by atoms with E-state index in [0.29, 0.717) is 23.8 Å². The summed E-state index contributed by atoms with van der Waals surface area (Å²) in [4.78, 5) is 24.9. The fourth-order valence-corrected chi connectivity index (χ4v) is 3.20. The predicted octanol–water partition coefficient (Wildman–Crippen LogP) is 2.24. The SMILES string of the molecule is O=C(Cc1csc(-c2ccco2)n1)NCc1cccnc1-n1cncn1. The molecule has 0 spiro atoms. The van der Waals surface area contributed by atoms with Crippen molar-refractivity contribution in [2.24, 2.45) is 0 Å². The Morgan fingerprint density at radius 3 is 3.08 bits per heavy atom. The Bertz CT molecular complexity index is 994. The lowest BCUT2D eigenvalue weighted by Gasteiger charge is -2.08. The van der Waals surface area contributed by atoms with Crippen LogP contribution in [0.15, 0.2) is 59.2 Å². The van der Waals surface area contributed by atoms with Crippen molar-refractivity contribution >= 4 is 17.2 Å². The van der Waals surface area contributed by atoms with Crippen molar-refractivity contribution in [3.63, 3.8) is 0 Å². The van der Waals surface area contributed by atoms with E-state index in [-0.39, 0.29) is 12.3 Å². The van der Waals surface area contributed by atoms with Crippen molar-refractivity contribution in [1.82, 2.24) is 30.0 Å². The number of carbonyl (C=O) groups excluding carboxylic acids is 1. The van der Waals surface area contributed by atoms with Crippen molar-refractivity contribution in [3.8, 4) is 16.6 Å². The van der Waals surface area contributed by atoms with Crippen LogP contribution >= 0.6 is 11.3 Å². The zero-order chi connectivity index (χ0) is 17.8. The van der Waals surface area contributed by atoms with E-state index in [1.165, 1.54) is 17.7 Å². The van der Waals surface area contributed by atoms with Gasteiger partial charge in [0, 0.05) is 23.7 Å². The first-order valence-electron chi connectivity index (χ1n) is 7.83. The summed E-state index contributed by atoms with van der Waals surface area (Å²) in [5, 5.41) is 9.60. The molecule has 1 N–H and O–H groups in total.